The zero-order valence-corrected chi connectivity index (χ0v) is 13.7. The van der Waals surface area contributed by atoms with Crippen LogP contribution in [0.3, 0.4) is 0 Å². The van der Waals surface area contributed by atoms with Crippen molar-refractivity contribution >= 4 is 17.5 Å². The van der Waals surface area contributed by atoms with E-state index in [4.69, 9.17) is 11.6 Å². The molecule has 0 unspecified atom stereocenters. The third-order valence-corrected chi connectivity index (χ3v) is 4.41. The number of halogens is 1. The number of nitrogens with one attached hydrogen (secondary N) is 1. The van der Waals surface area contributed by atoms with Crippen molar-refractivity contribution in [3.63, 3.8) is 0 Å². The monoisotopic (exact) mass is 312 g/mol. The van der Waals surface area contributed by atoms with Gasteiger partial charge in [0, 0.05) is 26.2 Å². The first-order chi connectivity index (χ1) is 10.2. The maximum atomic E-state index is 12.1. The summed E-state index contributed by atoms with van der Waals surface area (Å²) < 4.78 is 1.92. The largest absolute Gasteiger partial charge is 0.342 e. The number of hydrogen-bond acceptors (Lipinski definition) is 3. The minimum atomic E-state index is 0.184. The molecule has 2 rings (SSSR count). The van der Waals surface area contributed by atoms with Gasteiger partial charge >= 0.3 is 0 Å². The molecule has 0 aliphatic carbocycles. The van der Waals surface area contributed by atoms with Crippen molar-refractivity contribution in [2.45, 2.75) is 52.6 Å². The van der Waals surface area contributed by atoms with Crippen LogP contribution in [0.5, 0.6) is 0 Å². The molecule has 1 amide bonds. The molecule has 0 bridgehead atoms. The van der Waals surface area contributed by atoms with E-state index in [9.17, 15) is 4.79 Å². The van der Waals surface area contributed by atoms with Crippen LogP contribution in [0.1, 0.15) is 44.5 Å². The zero-order chi connectivity index (χ0) is 15.2. The maximum absolute atomic E-state index is 12.1. The number of amides is 1. The lowest BCUT2D eigenvalue weighted by atomic mass is 10.1. The van der Waals surface area contributed by atoms with E-state index >= 15 is 0 Å². The van der Waals surface area contributed by atoms with Crippen LogP contribution in [0.4, 0.5) is 0 Å². The van der Waals surface area contributed by atoms with Crippen LogP contribution < -0.4 is 5.32 Å². The summed E-state index contributed by atoms with van der Waals surface area (Å²) in [4.78, 5) is 14.0. The van der Waals surface area contributed by atoms with Crippen molar-refractivity contribution in [3.8, 4) is 0 Å². The molecule has 1 aromatic rings. The lowest BCUT2D eigenvalue weighted by Crippen LogP contribution is -2.41. The quantitative estimate of drug-likeness (QED) is 0.876. The highest BCUT2D eigenvalue weighted by atomic mass is 35.5. The Bertz CT molecular complexity index is 480. The molecule has 1 N–H and O–H groups in total. The average molecular weight is 313 g/mol. The van der Waals surface area contributed by atoms with Crippen molar-refractivity contribution < 1.29 is 4.79 Å². The standard InChI is InChI=1S/C15H25ClN4O/c1-3-12-15(16)13(20(4-2)18-12)10-17-11-14(21)19-8-6-5-7-9-19/h17H,3-11H2,1-2H3. The van der Waals surface area contributed by atoms with Gasteiger partial charge in [-0.05, 0) is 32.6 Å². The van der Waals surface area contributed by atoms with E-state index in [1.165, 1.54) is 6.42 Å². The topological polar surface area (TPSA) is 50.2 Å². The van der Waals surface area contributed by atoms with Gasteiger partial charge in [0.15, 0.2) is 0 Å². The van der Waals surface area contributed by atoms with E-state index in [2.05, 4.69) is 10.4 Å². The van der Waals surface area contributed by atoms with Gasteiger partial charge in [-0.3, -0.25) is 9.48 Å². The Morgan fingerprint density at radius 3 is 2.62 bits per heavy atom. The van der Waals surface area contributed by atoms with Crippen LogP contribution in [-0.2, 0) is 24.3 Å². The van der Waals surface area contributed by atoms with E-state index in [-0.39, 0.29) is 5.91 Å². The second-order valence-corrected chi connectivity index (χ2v) is 5.80. The molecule has 0 saturated carbocycles. The predicted molar refractivity (Wildman–Crippen MR) is 84.4 cm³/mol. The molecule has 0 spiro atoms. The molecule has 1 aliphatic heterocycles. The number of nitrogens with zero attached hydrogens (tertiary/aromatic N) is 3. The zero-order valence-electron chi connectivity index (χ0n) is 13.0. The summed E-state index contributed by atoms with van der Waals surface area (Å²) in [7, 11) is 0. The fraction of sp³-hybridized carbons (Fsp3) is 0.733. The van der Waals surface area contributed by atoms with E-state index in [1.807, 2.05) is 23.4 Å². The van der Waals surface area contributed by atoms with Crippen molar-refractivity contribution in [1.29, 1.82) is 0 Å². The number of likely N-dealkylation sites (tertiary alicyclic amines) is 1. The van der Waals surface area contributed by atoms with Gasteiger partial charge in [0.1, 0.15) is 0 Å². The van der Waals surface area contributed by atoms with E-state index < -0.39 is 0 Å². The highest BCUT2D eigenvalue weighted by Crippen LogP contribution is 2.21. The highest BCUT2D eigenvalue weighted by Gasteiger charge is 2.17. The third kappa shape index (κ3) is 3.98. The van der Waals surface area contributed by atoms with Crippen LogP contribution in [0.2, 0.25) is 5.02 Å². The van der Waals surface area contributed by atoms with E-state index in [1.54, 1.807) is 0 Å². The van der Waals surface area contributed by atoms with Gasteiger partial charge in [0.25, 0.3) is 0 Å². The SMILES string of the molecule is CCc1nn(CC)c(CNCC(=O)N2CCCCC2)c1Cl. The van der Waals surface area contributed by atoms with Gasteiger partial charge in [0.2, 0.25) is 5.91 Å². The number of carbonyl (C=O) groups excluding carboxylic acids is 1. The fourth-order valence-electron chi connectivity index (χ4n) is 2.73. The molecule has 2 heterocycles. The van der Waals surface area contributed by atoms with Crippen LogP contribution >= 0.6 is 11.6 Å². The molecule has 6 heteroatoms. The van der Waals surface area contributed by atoms with Gasteiger partial charge in [0.05, 0.1) is 23.0 Å². The smallest absolute Gasteiger partial charge is 0.236 e. The van der Waals surface area contributed by atoms with Crippen molar-refractivity contribution in [3.05, 3.63) is 16.4 Å². The molecule has 21 heavy (non-hydrogen) atoms. The second kappa shape index (κ2) is 7.80. The van der Waals surface area contributed by atoms with Crippen molar-refractivity contribution in [2.24, 2.45) is 0 Å². The Balaban J connectivity index is 1.88. The summed E-state index contributed by atoms with van der Waals surface area (Å²) in [5.41, 5.74) is 1.90. The molecule has 118 valence electrons. The molecule has 5 nitrogen and oxygen atoms in total. The number of aryl methyl sites for hydroxylation is 2. The van der Waals surface area contributed by atoms with Crippen molar-refractivity contribution in [1.82, 2.24) is 20.0 Å². The Morgan fingerprint density at radius 2 is 2.00 bits per heavy atom. The Kier molecular flexibility index (Phi) is 6.06. The molecular formula is C15H25ClN4O. The molecular weight excluding hydrogens is 288 g/mol. The first-order valence-electron chi connectivity index (χ1n) is 7.89. The molecule has 0 atom stereocenters. The number of carbonyl (C=O) groups is 1. The number of hydrogen-bond donors (Lipinski definition) is 1. The lowest BCUT2D eigenvalue weighted by Gasteiger charge is -2.26. The van der Waals surface area contributed by atoms with Gasteiger partial charge in [-0.25, -0.2) is 0 Å². The highest BCUT2D eigenvalue weighted by molar-refractivity contribution is 6.31. The fourth-order valence-corrected chi connectivity index (χ4v) is 3.06. The molecule has 1 aliphatic rings. The Labute approximate surface area is 131 Å². The molecule has 0 radical (unpaired) electrons. The average Bonchev–Trinajstić information content (AvgIpc) is 2.84. The Hall–Kier alpha value is -1.07. The van der Waals surface area contributed by atoms with Gasteiger partial charge in [-0.15, -0.1) is 0 Å². The third-order valence-electron chi connectivity index (χ3n) is 3.97. The molecule has 0 aromatic carbocycles. The second-order valence-electron chi connectivity index (χ2n) is 5.42. The Morgan fingerprint density at radius 1 is 1.29 bits per heavy atom. The van der Waals surface area contributed by atoms with Gasteiger partial charge in [-0.2, -0.15) is 5.10 Å². The lowest BCUT2D eigenvalue weighted by molar-refractivity contribution is -0.131. The molecule has 1 saturated heterocycles. The van der Waals surface area contributed by atoms with E-state index in [0.717, 1.165) is 55.3 Å². The first-order valence-corrected chi connectivity index (χ1v) is 8.27. The number of rotatable bonds is 6. The number of aromatic nitrogens is 2. The minimum Gasteiger partial charge on any atom is -0.342 e. The maximum Gasteiger partial charge on any atom is 0.236 e. The molecule has 1 fully saturated rings. The minimum absolute atomic E-state index is 0.184. The van der Waals surface area contributed by atoms with E-state index in [0.29, 0.717) is 13.1 Å². The summed E-state index contributed by atoms with van der Waals surface area (Å²) in [5, 5.41) is 8.43. The molecule has 1 aromatic heterocycles. The first kappa shape index (κ1) is 16.3. The van der Waals surface area contributed by atoms with Gasteiger partial charge in [-0.1, -0.05) is 18.5 Å². The van der Waals surface area contributed by atoms with Crippen LogP contribution in [0, 0.1) is 0 Å². The number of piperidine rings is 1. The van der Waals surface area contributed by atoms with Crippen LogP contribution in [-0.4, -0.2) is 40.2 Å². The summed E-state index contributed by atoms with van der Waals surface area (Å²) >= 11 is 6.35. The summed E-state index contributed by atoms with van der Waals surface area (Å²) in [6.07, 6.45) is 4.31. The van der Waals surface area contributed by atoms with Crippen LogP contribution in [0.25, 0.3) is 0 Å². The van der Waals surface area contributed by atoms with Crippen molar-refractivity contribution in [2.75, 3.05) is 19.6 Å². The van der Waals surface area contributed by atoms with Crippen LogP contribution in [0.15, 0.2) is 0 Å². The summed E-state index contributed by atoms with van der Waals surface area (Å²) in [6.45, 7) is 7.63. The predicted octanol–water partition coefficient (Wildman–Crippen LogP) is 2.22. The van der Waals surface area contributed by atoms with Gasteiger partial charge < -0.3 is 10.2 Å². The normalized spacial score (nSPS) is 15.5. The summed E-state index contributed by atoms with van der Waals surface area (Å²) in [5.74, 6) is 0.184. The summed E-state index contributed by atoms with van der Waals surface area (Å²) in [6, 6.07) is 0.